The molecule has 4 amide bonds. The average Bonchev–Trinajstić information content (AvgIpc) is 3.07. The normalized spacial score (nSPS) is 15.8. The van der Waals surface area contributed by atoms with E-state index in [2.05, 4.69) is 16.0 Å². The van der Waals surface area contributed by atoms with Gasteiger partial charge in [-0.25, -0.2) is 13.6 Å². The molecule has 3 rings (SSSR count). The Morgan fingerprint density at radius 1 is 1.10 bits per heavy atom. The topological polar surface area (TPSA) is 90.5 Å². The summed E-state index contributed by atoms with van der Waals surface area (Å²) in [6.45, 7) is 4.02. The van der Waals surface area contributed by atoms with Gasteiger partial charge in [0.2, 0.25) is 11.8 Å². The Balaban J connectivity index is 1.53. The van der Waals surface area contributed by atoms with E-state index in [1.807, 2.05) is 13.8 Å². The van der Waals surface area contributed by atoms with Crippen LogP contribution >= 0.6 is 0 Å². The summed E-state index contributed by atoms with van der Waals surface area (Å²) < 4.78 is 26.9. The molecule has 0 bridgehead atoms. The van der Waals surface area contributed by atoms with Crippen molar-refractivity contribution >= 4 is 29.2 Å². The maximum Gasteiger partial charge on any atom is 0.319 e. The zero-order chi connectivity index (χ0) is 22.5. The zero-order valence-electron chi connectivity index (χ0n) is 17.2. The quantitative estimate of drug-likeness (QED) is 0.658. The van der Waals surface area contributed by atoms with Gasteiger partial charge in [0, 0.05) is 43.0 Å². The summed E-state index contributed by atoms with van der Waals surface area (Å²) in [7, 11) is 0. The average molecular weight is 430 g/mol. The second kappa shape index (κ2) is 9.55. The maximum absolute atomic E-state index is 13.4. The van der Waals surface area contributed by atoms with Crippen molar-refractivity contribution in [2.24, 2.45) is 5.92 Å². The van der Waals surface area contributed by atoms with Gasteiger partial charge in [0.25, 0.3) is 0 Å². The van der Waals surface area contributed by atoms with Crippen LogP contribution in [0.25, 0.3) is 0 Å². The summed E-state index contributed by atoms with van der Waals surface area (Å²) in [5.74, 6) is -2.85. The molecule has 0 aromatic heterocycles. The van der Waals surface area contributed by atoms with Crippen LogP contribution in [0.3, 0.4) is 0 Å². The van der Waals surface area contributed by atoms with Gasteiger partial charge in [0.1, 0.15) is 11.6 Å². The number of benzene rings is 2. The molecule has 0 radical (unpaired) electrons. The Bertz CT molecular complexity index is 959. The molecule has 3 N–H and O–H groups in total. The first kappa shape index (κ1) is 22.2. The number of hydrogen-bond donors (Lipinski definition) is 3. The summed E-state index contributed by atoms with van der Waals surface area (Å²) in [4.78, 5) is 37.7. The molecular formula is C22H24F2N4O3. The van der Waals surface area contributed by atoms with Crippen molar-refractivity contribution in [3.05, 3.63) is 59.7 Å². The highest BCUT2D eigenvalue weighted by Crippen LogP contribution is 2.26. The molecule has 2 aromatic rings. The van der Waals surface area contributed by atoms with Crippen LogP contribution in [0, 0.1) is 17.6 Å². The highest BCUT2D eigenvalue weighted by Gasteiger charge is 2.35. The third kappa shape index (κ3) is 6.00. The molecule has 2 aromatic carbocycles. The molecule has 1 aliphatic heterocycles. The number of anilines is 2. The lowest BCUT2D eigenvalue weighted by molar-refractivity contribution is -0.126. The molecule has 31 heavy (non-hydrogen) atoms. The van der Waals surface area contributed by atoms with Gasteiger partial charge in [-0.1, -0.05) is 12.1 Å². The summed E-state index contributed by atoms with van der Waals surface area (Å²) in [5, 5.41) is 8.21. The summed E-state index contributed by atoms with van der Waals surface area (Å²) in [5.41, 5.74) is 1.53. The number of urea groups is 1. The Hall–Kier alpha value is -3.49. The van der Waals surface area contributed by atoms with E-state index in [9.17, 15) is 23.2 Å². The number of carbonyl (C=O) groups is 3. The van der Waals surface area contributed by atoms with E-state index < -0.39 is 17.6 Å². The number of carbonyl (C=O) groups excluding carboxylic acids is 3. The Kier molecular flexibility index (Phi) is 6.84. The number of halogens is 2. The molecule has 9 heteroatoms. The first-order chi connectivity index (χ1) is 14.7. The molecule has 7 nitrogen and oxygen atoms in total. The third-order valence-electron chi connectivity index (χ3n) is 4.75. The number of nitrogens with one attached hydrogen (secondary N) is 3. The van der Waals surface area contributed by atoms with Gasteiger partial charge in [-0.3, -0.25) is 9.59 Å². The Morgan fingerprint density at radius 3 is 2.35 bits per heavy atom. The molecule has 1 heterocycles. The van der Waals surface area contributed by atoms with Gasteiger partial charge in [0.15, 0.2) is 0 Å². The highest BCUT2D eigenvalue weighted by molar-refractivity contribution is 6.00. The minimum absolute atomic E-state index is 0.0211. The molecule has 1 saturated heterocycles. The van der Waals surface area contributed by atoms with E-state index in [0.29, 0.717) is 5.69 Å². The minimum atomic E-state index is -0.782. The lowest BCUT2D eigenvalue weighted by atomic mass is 10.1. The minimum Gasteiger partial charge on any atom is -0.352 e. The number of hydrogen-bond acceptors (Lipinski definition) is 3. The van der Waals surface area contributed by atoms with E-state index in [0.717, 1.165) is 23.8 Å². The van der Waals surface area contributed by atoms with Crippen molar-refractivity contribution in [3.8, 4) is 0 Å². The highest BCUT2D eigenvalue weighted by atomic mass is 19.1. The van der Waals surface area contributed by atoms with Crippen LogP contribution in [-0.4, -0.2) is 30.4 Å². The van der Waals surface area contributed by atoms with Crippen LogP contribution in [0.15, 0.2) is 42.5 Å². The fraction of sp³-hybridized carbons (Fsp3) is 0.318. The first-order valence-corrected chi connectivity index (χ1v) is 9.92. The van der Waals surface area contributed by atoms with E-state index in [-0.39, 0.29) is 49.1 Å². The standard InChI is InChI=1S/C22H24F2N4O3/c1-13(2)26-22(31)27-18-5-3-14(4-6-18)11-25-21(30)15-7-20(29)28(12-15)19-9-16(23)8-17(24)10-19/h3-6,8-10,13,15H,7,11-12H2,1-2H3,(H,25,30)(H2,26,27,31). The number of amides is 4. The van der Waals surface area contributed by atoms with Crippen molar-refractivity contribution in [2.45, 2.75) is 32.9 Å². The van der Waals surface area contributed by atoms with Crippen molar-refractivity contribution in [1.82, 2.24) is 10.6 Å². The van der Waals surface area contributed by atoms with Crippen LogP contribution in [0.2, 0.25) is 0 Å². The van der Waals surface area contributed by atoms with Gasteiger partial charge in [-0.05, 0) is 43.7 Å². The molecule has 0 saturated carbocycles. The van der Waals surface area contributed by atoms with Crippen LogP contribution in [0.4, 0.5) is 25.0 Å². The number of rotatable bonds is 6. The second-order valence-corrected chi connectivity index (χ2v) is 7.70. The van der Waals surface area contributed by atoms with Gasteiger partial charge in [0.05, 0.1) is 5.92 Å². The van der Waals surface area contributed by atoms with Crippen LogP contribution < -0.4 is 20.9 Å². The lowest BCUT2D eigenvalue weighted by Crippen LogP contribution is -2.34. The molecular weight excluding hydrogens is 406 g/mol. The predicted molar refractivity (Wildman–Crippen MR) is 112 cm³/mol. The molecule has 1 atom stereocenters. The zero-order valence-corrected chi connectivity index (χ0v) is 17.2. The fourth-order valence-electron chi connectivity index (χ4n) is 3.30. The molecule has 1 fully saturated rings. The van der Waals surface area contributed by atoms with Crippen LogP contribution in [0.5, 0.6) is 0 Å². The van der Waals surface area contributed by atoms with Gasteiger partial charge in [-0.2, -0.15) is 0 Å². The third-order valence-corrected chi connectivity index (χ3v) is 4.75. The molecule has 164 valence electrons. The Labute approximate surface area is 178 Å². The van der Waals surface area contributed by atoms with Crippen LogP contribution in [-0.2, 0) is 16.1 Å². The summed E-state index contributed by atoms with van der Waals surface area (Å²) in [6, 6.07) is 9.57. The van der Waals surface area contributed by atoms with Gasteiger partial charge < -0.3 is 20.9 Å². The molecule has 1 unspecified atom stereocenters. The Morgan fingerprint density at radius 2 is 1.74 bits per heavy atom. The predicted octanol–water partition coefficient (Wildman–Crippen LogP) is 3.16. The van der Waals surface area contributed by atoms with Crippen molar-refractivity contribution in [2.75, 3.05) is 16.8 Å². The van der Waals surface area contributed by atoms with Crippen molar-refractivity contribution in [1.29, 1.82) is 0 Å². The largest absolute Gasteiger partial charge is 0.352 e. The monoisotopic (exact) mass is 430 g/mol. The smallest absolute Gasteiger partial charge is 0.319 e. The first-order valence-electron chi connectivity index (χ1n) is 9.92. The maximum atomic E-state index is 13.4. The second-order valence-electron chi connectivity index (χ2n) is 7.70. The van der Waals surface area contributed by atoms with Crippen molar-refractivity contribution in [3.63, 3.8) is 0 Å². The van der Waals surface area contributed by atoms with Gasteiger partial charge >= 0.3 is 6.03 Å². The molecule has 0 aliphatic carbocycles. The van der Waals surface area contributed by atoms with E-state index >= 15 is 0 Å². The van der Waals surface area contributed by atoms with Crippen LogP contribution in [0.1, 0.15) is 25.8 Å². The lowest BCUT2D eigenvalue weighted by Gasteiger charge is -2.17. The van der Waals surface area contributed by atoms with Gasteiger partial charge in [-0.15, -0.1) is 0 Å². The summed E-state index contributed by atoms with van der Waals surface area (Å²) in [6.07, 6.45) is -0.0300. The van der Waals surface area contributed by atoms with E-state index in [4.69, 9.17) is 0 Å². The summed E-state index contributed by atoms with van der Waals surface area (Å²) >= 11 is 0. The molecule has 1 aliphatic rings. The number of nitrogens with zero attached hydrogens (tertiary/aromatic N) is 1. The van der Waals surface area contributed by atoms with E-state index in [1.54, 1.807) is 24.3 Å². The van der Waals surface area contributed by atoms with Crippen molar-refractivity contribution < 1.29 is 23.2 Å². The molecule has 0 spiro atoms. The fourth-order valence-corrected chi connectivity index (χ4v) is 3.30. The van der Waals surface area contributed by atoms with E-state index in [1.165, 1.54) is 4.90 Å². The SMILES string of the molecule is CC(C)NC(=O)Nc1ccc(CNC(=O)C2CC(=O)N(c3cc(F)cc(F)c3)C2)cc1.